The van der Waals surface area contributed by atoms with Crippen molar-refractivity contribution in [1.82, 2.24) is 20.1 Å². The Morgan fingerprint density at radius 2 is 2.00 bits per heavy atom. The number of nitrogens with zero attached hydrogens (tertiary/aromatic N) is 3. The average Bonchev–Trinajstić information content (AvgIpc) is 2.87. The molecule has 0 bridgehead atoms. The van der Waals surface area contributed by atoms with Gasteiger partial charge in [0.1, 0.15) is 0 Å². The molecule has 1 N–H and O–H groups in total. The van der Waals surface area contributed by atoms with Crippen LogP contribution in [0.4, 0.5) is 0 Å². The fourth-order valence-corrected chi connectivity index (χ4v) is 2.78. The Morgan fingerprint density at radius 1 is 1.19 bits per heavy atom. The number of hydrogen-bond donors (Lipinski definition) is 1. The van der Waals surface area contributed by atoms with Crippen molar-refractivity contribution >= 4 is 22.5 Å². The van der Waals surface area contributed by atoms with Crippen molar-refractivity contribution in [2.24, 2.45) is 0 Å². The zero-order valence-corrected chi connectivity index (χ0v) is 12.6. The van der Waals surface area contributed by atoms with E-state index in [0.29, 0.717) is 5.15 Å². The van der Waals surface area contributed by atoms with Crippen LogP contribution in [0, 0.1) is 0 Å². The second-order valence-corrected chi connectivity index (χ2v) is 5.27. The van der Waals surface area contributed by atoms with Crippen LogP contribution in [0.15, 0.2) is 48.7 Å². The Balaban J connectivity index is 2.10. The monoisotopic (exact) mass is 300 g/mol. The molecule has 0 radical (unpaired) electrons. The summed E-state index contributed by atoms with van der Waals surface area (Å²) in [4.78, 5) is 4.49. The summed E-state index contributed by atoms with van der Waals surface area (Å²) in [6.45, 7) is 0.882. The zero-order valence-electron chi connectivity index (χ0n) is 11.8. The van der Waals surface area contributed by atoms with E-state index < -0.39 is 0 Å². The van der Waals surface area contributed by atoms with Crippen molar-refractivity contribution in [2.75, 3.05) is 13.6 Å². The number of nitrogens with one attached hydrogen (secondary N) is 1. The highest BCUT2D eigenvalue weighted by molar-refractivity contribution is 6.34. The summed E-state index contributed by atoms with van der Waals surface area (Å²) in [6, 6.07) is 14.0. The maximum Gasteiger partial charge on any atom is 0.158 e. The molecular weight excluding hydrogens is 284 g/mol. The Labute approximate surface area is 128 Å². The topological polar surface area (TPSA) is 42.7 Å². The molecule has 0 spiro atoms. The molecule has 0 aliphatic heterocycles. The molecule has 0 saturated heterocycles. The first kappa shape index (κ1) is 14.0. The van der Waals surface area contributed by atoms with Crippen molar-refractivity contribution in [3.63, 3.8) is 0 Å². The second kappa shape index (κ2) is 6.24. The predicted molar refractivity (Wildman–Crippen MR) is 85.7 cm³/mol. The highest BCUT2D eigenvalue weighted by Gasteiger charge is 2.19. The third-order valence-electron chi connectivity index (χ3n) is 3.56. The molecule has 3 rings (SSSR count). The first-order valence-electron chi connectivity index (χ1n) is 6.99. The van der Waals surface area contributed by atoms with Crippen LogP contribution < -0.4 is 5.32 Å². The average molecular weight is 301 g/mol. The smallest absolute Gasteiger partial charge is 0.158 e. The molecule has 1 unspecified atom stereocenters. The molecule has 2 heterocycles. The van der Waals surface area contributed by atoms with Gasteiger partial charge in [-0.2, -0.15) is 5.10 Å². The minimum atomic E-state index is 0.0658. The SMILES string of the molecule is CNCCC(c1ccccn1)n1nc(Cl)c2ccccc21. The molecular formula is C16H17ClN4. The number of benzene rings is 1. The van der Waals surface area contributed by atoms with Gasteiger partial charge in [0.15, 0.2) is 5.15 Å². The lowest BCUT2D eigenvalue weighted by Gasteiger charge is -2.18. The molecule has 0 aliphatic rings. The quantitative estimate of drug-likeness (QED) is 0.786. The number of pyridine rings is 1. The molecule has 0 aliphatic carbocycles. The van der Waals surface area contributed by atoms with E-state index in [1.165, 1.54) is 0 Å². The standard InChI is InChI=1S/C16H17ClN4/c1-18-11-9-15(13-7-4-5-10-19-13)21-14-8-3-2-6-12(14)16(17)20-21/h2-8,10,15,18H,9,11H2,1H3. The number of aromatic nitrogens is 3. The van der Waals surface area contributed by atoms with Gasteiger partial charge in [-0.3, -0.25) is 9.67 Å². The van der Waals surface area contributed by atoms with Gasteiger partial charge in [-0.15, -0.1) is 0 Å². The van der Waals surface area contributed by atoms with E-state index in [0.717, 1.165) is 29.6 Å². The Morgan fingerprint density at radius 3 is 2.76 bits per heavy atom. The van der Waals surface area contributed by atoms with E-state index in [9.17, 15) is 0 Å². The molecule has 108 valence electrons. The third-order valence-corrected chi connectivity index (χ3v) is 3.84. The summed E-state index contributed by atoms with van der Waals surface area (Å²) in [5.41, 5.74) is 2.03. The lowest BCUT2D eigenvalue weighted by molar-refractivity contribution is 0.483. The lowest BCUT2D eigenvalue weighted by Crippen LogP contribution is -2.19. The molecule has 0 amide bonds. The van der Waals surface area contributed by atoms with Gasteiger partial charge in [-0.05, 0) is 44.3 Å². The van der Waals surface area contributed by atoms with Gasteiger partial charge in [-0.1, -0.05) is 29.8 Å². The van der Waals surface area contributed by atoms with Crippen LogP contribution >= 0.6 is 11.6 Å². The highest BCUT2D eigenvalue weighted by Crippen LogP contribution is 2.29. The number of fused-ring (bicyclic) bond motifs is 1. The minimum Gasteiger partial charge on any atom is -0.320 e. The van der Waals surface area contributed by atoms with Crippen LogP contribution in [-0.4, -0.2) is 28.4 Å². The number of rotatable bonds is 5. The van der Waals surface area contributed by atoms with Crippen LogP contribution in [0.3, 0.4) is 0 Å². The van der Waals surface area contributed by atoms with Crippen LogP contribution in [0.2, 0.25) is 5.15 Å². The number of para-hydroxylation sites is 1. The summed E-state index contributed by atoms with van der Waals surface area (Å²) in [5.74, 6) is 0. The van der Waals surface area contributed by atoms with E-state index in [2.05, 4.69) is 15.4 Å². The molecule has 21 heavy (non-hydrogen) atoms. The van der Waals surface area contributed by atoms with Crippen molar-refractivity contribution in [3.8, 4) is 0 Å². The first-order chi connectivity index (χ1) is 10.3. The fraction of sp³-hybridized carbons (Fsp3) is 0.250. The van der Waals surface area contributed by atoms with E-state index in [4.69, 9.17) is 11.6 Å². The normalized spacial score (nSPS) is 12.7. The van der Waals surface area contributed by atoms with Crippen LogP contribution in [-0.2, 0) is 0 Å². The van der Waals surface area contributed by atoms with Gasteiger partial charge in [0, 0.05) is 11.6 Å². The minimum absolute atomic E-state index is 0.0658. The Bertz CT molecular complexity index is 723. The van der Waals surface area contributed by atoms with Gasteiger partial charge in [-0.25, -0.2) is 0 Å². The summed E-state index contributed by atoms with van der Waals surface area (Å²) < 4.78 is 1.98. The van der Waals surface area contributed by atoms with Crippen molar-refractivity contribution < 1.29 is 0 Å². The van der Waals surface area contributed by atoms with Gasteiger partial charge < -0.3 is 5.32 Å². The molecule has 0 saturated carbocycles. The molecule has 1 atom stereocenters. The Kier molecular flexibility index (Phi) is 4.18. The van der Waals surface area contributed by atoms with E-state index in [1.807, 2.05) is 60.4 Å². The summed E-state index contributed by atoms with van der Waals surface area (Å²) in [6.07, 6.45) is 2.71. The summed E-state index contributed by atoms with van der Waals surface area (Å²) in [7, 11) is 1.95. The third kappa shape index (κ3) is 2.77. The van der Waals surface area contributed by atoms with E-state index >= 15 is 0 Å². The Hall–Kier alpha value is -1.91. The predicted octanol–water partition coefficient (Wildman–Crippen LogP) is 3.28. The van der Waals surface area contributed by atoms with Gasteiger partial charge >= 0.3 is 0 Å². The van der Waals surface area contributed by atoms with Crippen molar-refractivity contribution in [2.45, 2.75) is 12.5 Å². The van der Waals surface area contributed by atoms with Gasteiger partial charge in [0.2, 0.25) is 0 Å². The molecule has 4 nitrogen and oxygen atoms in total. The molecule has 2 aromatic heterocycles. The molecule has 0 fully saturated rings. The number of halogens is 1. The molecule has 3 aromatic rings. The fourth-order valence-electron chi connectivity index (χ4n) is 2.54. The summed E-state index contributed by atoms with van der Waals surface area (Å²) in [5, 5.41) is 9.24. The highest BCUT2D eigenvalue weighted by atomic mass is 35.5. The van der Waals surface area contributed by atoms with Crippen LogP contribution in [0.25, 0.3) is 10.9 Å². The maximum absolute atomic E-state index is 6.28. The zero-order chi connectivity index (χ0) is 14.7. The second-order valence-electron chi connectivity index (χ2n) is 4.92. The maximum atomic E-state index is 6.28. The first-order valence-corrected chi connectivity index (χ1v) is 7.37. The van der Waals surface area contributed by atoms with Gasteiger partial charge in [0.05, 0.1) is 17.3 Å². The van der Waals surface area contributed by atoms with E-state index in [-0.39, 0.29) is 6.04 Å². The summed E-state index contributed by atoms with van der Waals surface area (Å²) >= 11 is 6.28. The largest absolute Gasteiger partial charge is 0.320 e. The lowest BCUT2D eigenvalue weighted by atomic mass is 10.1. The molecule has 1 aromatic carbocycles. The van der Waals surface area contributed by atoms with Crippen LogP contribution in [0.5, 0.6) is 0 Å². The van der Waals surface area contributed by atoms with Crippen molar-refractivity contribution in [3.05, 3.63) is 59.5 Å². The van der Waals surface area contributed by atoms with Crippen LogP contribution in [0.1, 0.15) is 18.2 Å². The van der Waals surface area contributed by atoms with Crippen molar-refractivity contribution in [1.29, 1.82) is 0 Å². The van der Waals surface area contributed by atoms with E-state index in [1.54, 1.807) is 0 Å². The number of hydrogen-bond acceptors (Lipinski definition) is 3. The molecule has 5 heteroatoms. The van der Waals surface area contributed by atoms with Gasteiger partial charge in [0.25, 0.3) is 0 Å².